The maximum absolute atomic E-state index is 14.2. The highest BCUT2D eigenvalue weighted by Crippen LogP contribution is 2.38. The Hall–Kier alpha value is -4.59. The van der Waals surface area contributed by atoms with E-state index < -0.39 is 12.1 Å². The number of benzene rings is 3. The van der Waals surface area contributed by atoms with Crippen LogP contribution >= 0.6 is 0 Å². The summed E-state index contributed by atoms with van der Waals surface area (Å²) in [6.45, 7) is 6.24. The number of carbonyl (C=O) groups is 3. The first-order valence-electron chi connectivity index (χ1n) is 13.6. The van der Waals surface area contributed by atoms with Gasteiger partial charge in [0.05, 0.1) is 23.9 Å². The first-order valence-corrected chi connectivity index (χ1v) is 13.6. The van der Waals surface area contributed by atoms with Crippen molar-refractivity contribution >= 4 is 17.8 Å². The zero-order valence-electron chi connectivity index (χ0n) is 23.0. The summed E-state index contributed by atoms with van der Waals surface area (Å²) >= 11 is 0. The molecule has 2 heterocycles. The van der Waals surface area contributed by atoms with Gasteiger partial charge in [-0.05, 0) is 56.2 Å². The summed E-state index contributed by atoms with van der Waals surface area (Å²) in [6, 6.07) is 24.7. The van der Waals surface area contributed by atoms with Gasteiger partial charge in [-0.25, -0.2) is 4.79 Å². The molecule has 0 aromatic heterocycles. The van der Waals surface area contributed by atoms with E-state index in [1.165, 1.54) is 0 Å². The zero-order valence-corrected chi connectivity index (χ0v) is 23.0. The molecule has 0 saturated carbocycles. The van der Waals surface area contributed by atoms with Crippen LogP contribution < -0.4 is 15.4 Å². The molecule has 0 spiro atoms. The molecule has 4 amide bonds. The molecule has 2 atom stereocenters. The lowest BCUT2D eigenvalue weighted by atomic mass is 9.95. The van der Waals surface area contributed by atoms with Crippen LogP contribution in [0.3, 0.4) is 0 Å². The van der Waals surface area contributed by atoms with E-state index in [-0.39, 0.29) is 30.4 Å². The normalized spacial score (nSPS) is 17.6. The Bertz CT molecular complexity index is 1420. The van der Waals surface area contributed by atoms with Gasteiger partial charge in [-0.15, -0.1) is 0 Å². The molecule has 206 valence electrons. The number of nitrogens with one attached hydrogen (secondary N) is 2. The summed E-state index contributed by atoms with van der Waals surface area (Å²) in [5.74, 6) is 0.808. The van der Waals surface area contributed by atoms with E-state index in [1.807, 2.05) is 106 Å². The molecule has 8 heteroatoms. The first kappa shape index (κ1) is 27.0. The van der Waals surface area contributed by atoms with Gasteiger partial charge in [0.1, 0.15) is 17.5 Å². The van der Waals surface area contributed by atoms with Gasteiger partial charge in [0.25, 0.3) is 5.91 Å². The zero-order chi connectivity index (χ0) is 28.2. The molecule has 8 nitrogen and oxygen atoms in total. The van der Waals surface area contributed by atoms with E-state index in [0.717, 1.165) is 11.1 Å². The Labute approximate surface area is 234 Å². The Morgan fingerprint density at radius 3 is 2.33 bits per heavy atom. The number of urea groups is 1. The second-order valence-electron chi connectivity index (χ2n) is 10.3. The predicted octanol–water partition coefficient (Wildman–Crippen LogP) is 4.80. The Morgan fingerprint density at radius 2 is 1.65 bits per heavy atom. The van der Waals surface area contributed by atoms with Gasteiger partial charge in [0, 0.05) is 19.0 Å². The topological polar surface area (TPSA) is 91.0 Å². The van der Waals surface area contributed by atoms with Gasteiger partial charge < -0.3 is 20.3 Å². The lowest BCUT2D eigenvalue weighted by Gasteiger charge is -2.33. The molecule has 2 N–H and O–H groups in total. The largest absolute Gasteiger partial charge is 0.457 e. The van der Waals surface area contributed by atoms with E-state index >= 15 is 0 Å². The minimum Gasteiger partial charge on any atom is -0.457 e. The molecule has 3 aromatic carbocycles. The fraction of sp³-hybridized carbons (Fsp3) is 0.281. The molecule has 0 unspecified atom stereocenters. The molecule has 0 bridgehead atoms. The average molecular weight is 539 g/mol. The highest BCUT2D eigenvalue weighted by atomic mass is 16.5. The number of rotatable bonds is 9. The molecule has 40 heavy (non-hydrogen) atoms. The van der Waals surface area contributed by atoms with Gasteiger partial charge in [-0.3, -0.25) is 14.5 Å². The predicted molar refractivity (Wildman–Crippen MR) is 153 cm³/mol. The summed E-state index contributed by atoms with van der Waals surface area (Å²) in [4.78, 5) is 44.0. The van der Waals surface area contributed by atoms with Crippen molar-refractivity contribution in [3.63, 3.8) is 0 Å². The van der Waals surface area contributed by atoms with E-state index in [1.54, 1.807) is 9.80 Å². The lowest BCUT2D eigenvalue weighted by Crippen LogP contribution is -2.51. The number of carbonyl (C=O) groups excluding carboxylic acids is 3. The van der Waals surface area contributed by atoms with Crippen LogP contribution in [0.2, 0.25) is 0 Å². The van der Waals surface area contributed by atoms with Crippen LogP contribution in [0.25, 0.3) is 0 Å². The summed E-state index contributed by atoms with van der Waals surface area (Å²) in [6.07, 6.45) is 0.365. The number of ether oxygens (including phenoxy) is 1. The molecular weight excluding hydrogens is 504 g/mol. The van der Waals surface area contributed by atoms with Crippen LogP contribution in [0.15, 0.2) is 96.2 Å². The highest BCUT2D eigenvalue weighted by molar-refractivity contribution is 6.03. The third-order valence-corrected chi connectivity index (χ3v) is 7.12. The van der Waals surface area contributed by atoms with Crippen LogP contribution in [0.5, 0.6) is 11.5 Å². The van der Waals surface area contributed by atoms with Crippen molar-refractivity contribution in [1.82, 2.24) is 20.4 Å². The molecule has 0 radical (unpaired) electrons. The van der Waals surface area contributed by atoms with Gasteiger partial charge in [-0.2, -0.15) is 0 Å². The Balaban J connectivity index is 1.49. The molecule has 0 aliphatic carbocycles. The summed E-state index contributed by atoms with van der Waals surface area (Å²) < 4.78 is 6.02. The maximum atomic E-state index is 14.2. The standard InChI is InChI=1S/C32H34N4O4/c1-4-35-27-20-36(26(30(37)33-21(2)3)18-22-12-7-5-8-13-22)31(38)28(27)29(34-32(35)39)23-14-11-17-25(19-23)40-24-15-9-6-10-16-24/h5-17,19,21,26,29H,4,18,20H2,1-3H3,(H,33,37)(H,34,39)/t26-,29+/m1/s1. The fourth-order valence-electron chi connectivity index (χ4n) is 5.29. The Morgan fingerprint density at radius 1 is 0.975 bits per heavy atom. The molecule has 2 aliphatic heterocycles. The van der Waals surface area contributed by atoms with Gasteiger partial charge >= 0.3 is 6.03 Å². The van der Waals surface area contributed by atoms with Crippen LogP contribution in [0, 0.1) is 0 Å². The first-order chi connectivity index (χ1) is 19.4. The van der Waals surface area contributed by atoms with Crippen LogP contribution in [-0.2, 0) is 16.0 Å². The number of para-hydroxylation sites is 1. The van der Waals surface area contributed by atoms with Crippen LogP contribution in [0.1, 0.15) is 37.9 Å². The SMILES string of the molecule is CCN1C(=O)N[C@@H](c2cccc(Oc3ccccc3)c2)C2=C1CN([C@H](Cc1ccccc1)C(=O)NC(C)C)C2=O. The van der Waals surface area contributed by atoms with Crippen LogP contribution in [0.4, 0.5) is 4.79 Å². The van der Waals surface area contributed by atoms with Crippen molar-refractivity contribution in [3.8, 4) is 11.5 Å². The van der Waals surface area contributed by atoms with E-state index in [4.69, 9.17) is 4.74 Å². The summed E-state index contributed by atoms with van der Waals surface area (Å²) in [5, 5.41) is 6.01. The van der Waals surface area contributed by atoms with E-state index in [9.17, 15) is 14.4 Å². The van der Waals surface area contributed by atoms with E-state index in [0.29, 0.717) is 35.7 Å². The highest BCUT2D eigenvalue weighted by Gasteiger charge is 2.46. The number of hydrogen-bond donors (Lipinski definition) is 2. The third kappa shape index (κ3) is 5.57. The minimum atomic E-state index is -0.731. The molecule has 0 saturated heterocycles. The van der Waals surface area contributed by atoms with Gasteiger partial charge in [-0.1, -0.05) is 60.7 Å². The fourth-order valence-corrected chi connectivity index (χ4v) is 5.29. The van der Waals surface area contributed by atoms with E-state index in [2.05, 4.69) is 10.6 Å². The number of amides is 4. The van der Waals surface area contributed by atoms with Crippen LogP contribution in [-0.4, -0.2) is 52.8 Å². The number of nitrogens with zero attached hydrogens (tertiary/aromatic N) is 2. The van der Waals surface area contributed by atoms with Crippen molar-refractivity contribution in [1.29, 1.82) is 0 Å². The monoisotopic (exact) mass is 538 g/mol. The van der Waals surface area contributed by atoms with Crippen molar-refractivity contribution in [2.75, 3.05) is 13.1 Å². The molecular formula is C32H34N4O4. The molecule has 5 rings (SSSR count). The quantitative estimate of drug-likeness (QED) is 0.410. The summed E-state index contributed by atoms with van der Waals surface area (Å²) in [7, 11) is 0. The Kier molecular flexibility index (Phi) is 7.86. The van der Waals surface area contributed by atoms with Gasteiger partial charge in [0.15, 0.2) is 0 Å². The number of hydrogen-bond acceptors (Lipinski definition) is 4. The minimum absolute atomic E-state index is 0.0819. The second-order valence-corrected chi connectivity index (χ2v) is 10.3. The maximum Gasteiger partial charge on any atom is 0.322 e. The average Bonchev–Trinajstić information content (AvgIpc) is 3.28. The third-order valence-electron chi connectivity index (χ3n) is 7.12. The van der Waals surface area contributed by atoms with Crippen molar-refractivity contribution < 1.29 is 19.1 Å². The summed E-state index contributed by atoms with van der Waals surface area (Å²) in [5.41, 5.74) is 2.79. The molecule has 0 fully saturated rings. The van der Waals surface area contributed by atoms with Crippen molar-refractivity contribution in [2.24, 2.45) is 0 Å². The smallest absolute Gasteiger partial charge is 0.322 e. The van der Waals surface area contributed by atoms with Gasteiger partial charge in [0.2, 0.25) is 5.91 Å². The van der Waals surface area contributed by atoms with Crippen molar-refractivity contribution in [3.05, 3.63) is 107 Å². The number of likely N-dealkylation sites (N-methyl/N-ethyl adjacent to an activating group) is 1. The molecule has 3 aromatic rings. The van der Waals surface area contributed by atoms with Crippen molar-refractivity contribution in [2.45, 2.75) is 45.3 Å². The lowest BCUT2D eigenvalue weighted by molar-refractivity contribution is -0.136. The second kappa shape index (κ2) is 11.7. The molecule has 2 aliphatic rings.